The molecule has 3 aromatic carbocycles. The van der Waals surface area contributed by atoms with Crippen molar-refractivity contribution in [2.24, 2.45) is 10.7 Å². The molecule has 1 amide bonds. The quantitative estimate of drug-likeness (QED) is 0.639. The Morgan fingerprint density at radius 2 is 1.83 bits per heavy atom. The molecule has 1 aliphatic heterocycles. The molecule has 4 rings (SSSR count). The minimum Gasteiger partial charge on any atom is -0.369 e. The summed E-state index contributed by atoms with van der Waals surface area (Å²) in [4.78, 5) is 19.9. The maximum absolute atomic E-state index is 14.5. The van der Waals surface area contributed by atoms with Crippen molar-refractivity contribution in [3.8, 4) is 17.2 Å². The Hall–Kier alpha value is -3.63. The van der Waals surface area contributed by atoms with Gasteiger partial charge in [-0.3, -0.25) is 9.69 Å². The molecule has 1 unspecified atom stereocenters. The highest BCUT2D eigenvalue weighted by molar-refractivity contribution is 7.80. The molecule has 0 bridgehead atoms. The van der Waals surface area contributed by atoms with E-state index >= 15 is 0 Å². The van der Waals surface area contributed by atoms with E-state index in [-0.39, 0.29) is 17.4 Å². The largest absolute Gasteiger partial charge is 0.369 e. The number of nitrogens with two attached hydrogens (primary N) is 1. The van der Waals surface area contributed by atoms with E-state index in [2.05, 4.69) is 17.6 Å². The van der Waals surface area contributed by atoms with Gasteiger partial charge in [0.15, 0.2) is 11.5 Å². The summed E-state index contributed by atoms with van der Waals surface area (Å²) in [5.74, 6) is -0.675. The Kier molecular flexibility index (Phi) is 4.80. The summed E-state index contributed by atoms with van der Waals surface area (Å²) in [7, 11) is 1.57. The predicted molar refractivity (Wildman–Crippen MR) is 115 cm³/mol. The SMILES string of the molecule is CN1C(=O)C(c2ccc(S)cc2)(c2cccc(-c3cc(C#N)ccc3F)c2)N=C1N. The number of nitriles is 1. The van der Waals surface area contributed by atoms with Gasteiger partial charge < -0.3 is 5.73 Å². The van der Waals surface area contributed by atoms with E-state index in [1.165, 1.54) is 23.1 Å². The second kappa shape index (κ2) is 7.32. The number of halogens is 1. The van der Waals surface area contributed by atoms with Crippen molar-refractivity contribution < 1.29 is 9.18 Å². The highest BCUT2D eigenvalue weighted by atomic mass is 32.1. The fourth-order valence-electron chi connectivity index (χ4n) is 3.61. The van der Waals surface area contributed by atoms with Gasteiger partial charge in [-0.1, -0.05) is 30.3 Å². The Balaban J connectivity index is 1.95. The number of carbonyl (C=O) groups excluding carboxylic acids is 1. The molecule has 0 saturated heterocycles. The summed E-state index contributed by atoms with van der Waals surface area (Å²) in [5.41, 5.74) is 6.93. The summed E-state index contributed by atoms with van der Waals surface area (Å²) < 4.78 is 14.5. The van der Waals surface area contributed by atoms with Gasteiger partial charge in [-0.2, -0.15) is 5.26 Å². The zero-order valence-corrected chi connectivity index (χ0v) is 16.9. The highest BCUT2D eigenvalue weighted by Gasteiger charge is 2.49. The molecule has 1 heterocycles. The third-order valence-electron chi connectivity index (χ3n) is 5.21. The van der Waals surface area contributed by atoms with Gasteiger partial charge in [0.25, 0.3) is 5.91 Å². The second-order valence-corrected chi connectivity index (χ2v) is 7.50. The number of hydrogen-bond donors (Lipinski definition) is 2. The van der Waals surface area contributed by atoms with Gasteiger partial charge in [-0.25, -0.2) is 9.38 Å². The van der Waals surface area contributed by atoms with Crippen molar-refractivity contribution in [2.45, 2.75) is 10.4 Å². The molecule has 0 aliphatic carbocycles. The van der Waals surface area contributed by atoms with E-state index in [0.29, 0.717) is 22.3 Å². The number of thiol groups is 1. The summed E-state index contributed by atoms with van der Waals surface area (Å²) in [6.07, 6.45) is 0. The number of guanidine groups is 1. The standard InChI is InChI=1S/C23H17FN4OS/c1-28-21(29)23(27-22(28)26,16-6-8-18(30)9-7-16)17-4-2-3-15(12-17)19-11-14(13-25)5-10-20(19)24/h2-12,30H,1H3,(H2,26,27). The zero-order chi connectivity index (χ0) is 21.5. The van der Waals surface area contributed by atoms with Crippen molar-refractivity contribution in [1.29, 1.82) is 5.26 Å². The van der Waals surface area contributed by atoms with Crippen LogP contribution >= 0.6 is 12.6 Å². The molecule has 1 atom stereocenters. The fourth-order valence-corrected chi connectivity index (χ4v) is 3.76. The number of nitrogens with zero attached hydrogens (tertiary/aromatic N) is 3. The number of likely N-dealkylation sites (N-methyl/N-ethyl adjacent to an activating group) is 1. The van der Waals surface area contributed by atoms with E-state index in [9.17, 15) is 14.4 Å². The first-order valence-electron chi connectivity index (χ1n) is 9.10. The van der Waals surface area contributed by atoms with Crippen LogP contribution in [-0.4, -0.2) is 23.8 Å². The Bertz CT molecular complexity index is 1230. The number of rotatable bonds is 3. The van der Waals surface area contributed by atoms with Gasteiger partial charge in [0.1, 0.15) is 5.82 Å². The minimum absolute atomic E-state index is 0.0954. The number of aliphatic imine (C=N–C) groups is 1. The summed E-state index contributed by atoms with van der Waals surface area (Å²) in [6.45, 7) is 0. The molecule has 0 radical (unpaired) electrons. The first kappa shape index (κ1) is 19.7. The van der Waals surface area contributed by atoms with Gasteiger partial charge in [0, 0.05) is 17.5 Å². The fraction of sp³-hybridized carbons (Fsp3) is 0.0870. The van der Waals surface area contributed by atoms with Crippen LogP contribution in [0.25, 0.3) is 11.1 Å². The van der Waals surface area contributed by atoms with Crippen LogP contribution < -0.4 is 5.73 Å². The smallest absolute Gasteiger partial charge is 0.266 e. The molecule has 0 fully saturated rings. The van der Waals surface area contributed by atoms with Crippen molar-refractivity contribution in [2.75, 3.05) is 7.05 Å². The lowest BCUT2D eigenvalue weighted by molar-refractivity contribution is -0.129. The topological polar surface area (TPSA) is 82.5 Å². The zero-order valence-electron chi connectivity index (χ0n) is 16.0. The lowest BCUT2D eigenvalue weighted by Gasteiger charge is -2.26. The lowest BCUT2D eigenvalue weighted by atomic mass is 9.81. The molecule has 148 valence electrons. The number of carbonyl (C=O) groups is 1. The van der Waals surface area contributed by atoms with Crippen molar-refractivity contribution in [3.63, 3.8) is 0 Å². The highest BCUT2D eigenvalue weighted by Crippen LogP contribution is 2.41. The van der Waals surface area contributed by atoms with Gasteiger partial charge >= 0.3 is 0 Å². The molecule has 1 aliphatic rings. The van der Waals surface area contributed by atoms with Crippen LogP contribution in [0.2, 0.25) is 0 Å². The predicted octanol–water partition coefficient (Wildman–Crippen LogP) is 3.68. The number of benzene rings is 3. The summed E-state index contributed by atoms with van der Waals surface area (Å²) >= 11 is 4.32. The van der Waals surface area contributed by atoms with Gasteiger partial charge in [-0.15, -0.1) is 12.6 Å². The molecule has 0 saturated carbocycles. The van der Waals surface area contributed by atoms with Crippen molar-refractivity contribution >= 4 is 24.5 Å². The van der Waals surface area contributed by atoms with Crippen molar-refractivity contribution in [3.05, 3.63) is 89.2 Å². The monoisotopic (exact) mass is 416 g/mol. The molecule has 0 aromatic heterocycles. The molecule has 3 aromatic rings. The summed E-state index contributed by atoms with van der Waals surface area (Å²) in [5, 5.41) is 9.17. The molecule has 2 N–H and O–H groups in total. The molecule has 0 spiro atoms. The van der Waals surface area contributed by atoms with Crippen LogP contribution in [0.15, 0.2) is 76.6 Å². The van der Waals surface area contributed by atoms with Crippen LogP contribution in [0.1, 0.15) is 16.7 Å². The number of hydrogen-bond acceptors (Lipinski definition) is 5. The first-order chi connectivity index (χ1) is 14.4. The second-order valence-electron chi connectivity index (χ2n) is 6.98. The average molecular weight is 416 g/mol. The Morgan fingerprint density at radius 1 is 1.10 bits per heavy atom. The Morgan fingerprint density at radius 3 is 2.47 bits per heavy atom. The van der Waals surface area contributed by atoms with E-state index in [0.717, 1.165) is 4.90 Å². The lowest BCUT2D eigenvalue weighted by Crippen LogP contribution is -2.41. The maximum Gasteiger partial charge on any atom is 0.266 e. The van der Waals surface area contributed by atoms with E-state index in [4.69, 9.17) is 5.73 Å². The molecule has 30 heavy (non-hydrogen) atoms. The third-order valence-corrected chi connectivity index (χ3v) is 5.51. The first-order valence-corrected chi connectivity index (χ1v) is 9.55. The summed E-state index contributed by atoms with van der Waals surface area (Å²) in [6, 6.07) is 20.2. The van der Waals surface area contributed by atoms with Crippen LogP contribution in [0, 0.1) is 17.1 Å². The average Bonchev–Trinajstić information content (AvgIpc) is 2.99. The van der Waals surface area contributed by atoms with Crippen LogP contribution in [0.4, 0.5) is 4.39 Å². The maximum atomic E-state index is 14.5. The third kappa shape index (κ3) is 3.02. The van der Waals surface area contributed by atoms with Crippen LogP contribution in [0.5, 0.6) is 0 Å². The van der Waals surface area contributed by atoms with Gasteiger partial charge in [0.2, 0.25) is 0 Å². The molecular weight excluding hydrogens is 399 g/mol. The van der Waals surface area contributed by atoms with E-state index in [1.807, 2.05) is 6.07 Å². The molecule has 5 nitrogen and oxygen atoms in total. The van der Waals surface area contributed by atoms with Gasteiger partial charge in [0.05, 0.1) is 11.6 Å². The Labute approximate surface area is 178 Å². The van der Waals surface area contributed by atoms with Crippen molar-refractivity contribution in [1.82, 2.24) is 4.90 Å². The van der Waals surface area contributed by atoms with Gasteiger partial charge in [-0.05, 0) is 53.1 Å². The molecular formula is C23H17FN4OS. The van der Waals surface area contributed by atoms with E-state index in [1.54, 1.807) is 55.6 Å². The normalized spacial score (nSPS) is 18.3. The number of amides is 1. The minimum atomic E-state index is -1.39. The van der Waals surface area contributed by atoms with Crippen LogP contribution in [-0.2, 0) is 10.3 Å². The van der Waals surface area contributed by atoms with Crippen LogP contribution in [0.3, 0.4) is 0 Å². The van der Waals surface area contributed by atoms with E-state index < -0.39 is 11.4 Å². The molecule has 7 heteroatoms.